The van der Waals surface area contributed by atoms with E-state index in [9.17, 15) is 0 Å². The Morgan fingerprint density at radius 3 is 2.83 bits per heavy atom. The molecule has 0 fully saturated rings. The summed E-state index contributed by atoms with van der Waals surface area (Å²) in [5, 5.41) is 8.52. The predicted molar refractivity (Wildman–Crippen MR) is 60.7 cm³/mol. The van der Waals surface area contributed by atoms with Crippen molar-refractivity contribution in [1.29, 1.82) is 0 Å². The lowest BCUT2D eigenvalue weighted by atomic mass is 10.7. The summed E-state index contributed by atoms with van der Waals surface area (Å²) in [6.07, 6.45) is 0. The summed E-state index contributed by atoms with van der Waals surface area (Å²) in [5.74, 6) is 0. The molecule has 1 heterocycles. The molecule has 0 aromatic carbocycles. The topological polar surface area (TPSA) is 32.3 Å². The summed E-state index contributed by atoms with van der Waals surface area (Å²) in [6.45, 7) is 0.764. The Bertz CT molecular complexity index is 254. The molecular weight excluding hydrogens is 326 g/mol. The molecule has 2 nitrogen and oxygen atoms in total. The summed E-state index contributed by atoms with van der Waals surface area (Å²) in [4.78, 5) is 1.14. The summed E-state index contributed by atoms with van der Waals surface area (Å²) in [5.41, 5.74) is 0. The third-order valence-corrected chi connectivity index (χ3v) is 4.64. The van der Waals surface area contributed by atoms with Crippen LogP contribution in [0.1, 0.15) is 0 Å². The molecule has 0 saturated carbocycles. The monoisotopic (exact) mass is 331 g/mol. The zero-order chi connectivity index (χ0) is 8.97. The first kappa shape index (κ1) is 11.0. The fourth-order valence-electron chi connectivity index (χ4n) is 0.569. The molecule has 0 amide bonds. The minimum atomic E-state index is 0.163. The van der Waals surface area contributed by atoms with Gasteiger partial charge in [-0.3, -0.25) is 4.72 Å². The number of thiophene rings is 1. The van der Waals surface area contributed by atoms with Crippen LogP contribution >= 0.6 is 55.1 Å². The van der Waals surface area contributed by atoms with Gasteiger partial charge in [-0.2, -0.15) is 0 Å². The van der Waals surface area contributed by atoms with Gasteiger partial charge in [-0.05, 0) is 49.9 Å². The van der Waals surface area contributed by atoms with Gasteiger partial charge in [-0.15, -0.1) is 11.3 Å². The lowest BCUT2D eigenvalue weighted by Gasteiger charge is -1.98. The van der Waals surface area contributed by atoms with Crippen LogP contribution in [0.5, 0.6) is 0 Å². The lowest BCUT2D eigenvalue weighted by Crippen LogP contribution is -2.08. The minimum absolute atomic E-state index is 0.163. The van der Waals surface area contributed by atoms with E-state index >= 15 is 0 Å². The van der Waals surface area contributed by atoms with Gasteiger partial charge in [0.05, 0.1) is 14.2 Å². The van der Waals surface area contributed by atoms with Crippen LogP contribution in [0.3, 0.4) is 0 Å². The van der Waals surface area contributed by atoms with E-state index in [2.05, 4.69) is 36.6 Å². The molecule has 0 radical (unpaired) electrons. The van der Waals surface area contributed by atoms with E-state index in [0.29, 0.717) is 6.54 Å². The van der Waals surface area contributed by atoms with E-state index in [0.717, 1.165) is 12.5 Å². The van der Waals surface area contributed by atoms with Gasteiger partial charge >= 0.3 is 0 Å². The Labute approximate surface area is 96.1 Å². The van der Waals surface area contributed by atoms with E-state index in [1.807, 2.05) is 6.07 Å². The molecule has 0 unspecified atom stereocenters. The van der Waals surface area contributed by atoms with Gasteiger partial charge in [0.25, 0.3) is 0 Å². The smallest absolute Gasteiger partial charge is 0.0859 e. The molecule has 0 bridgehead atoms. The minimum Gasteiger partial charge on any atom is -0.395 e. The zero-order valence-electron chi connectivity index (χ0n) is 6.01. The van der Waals surface area contributed by atoms with Gasteiger partial charge in [0.1, 0.15) is 0 Å². The van der Waals surface area contributed by atoms with Gasteiger partial charge in [-0.25, -0.2) is 0 Å². The Balaban J connectivity index is 2.45. The molecule has 6 heteroatoms. The maximum Gasteiger partial charge on any atom is 0.0859 e. The molecule has 68 valence electrons. The molecule has 12 heavy (non-hydrogen) atoms. The van der Waals surface area contributed by atoms with E-state index in [4.69, 9.17) is 5.11 Å². The predicted octanol–water partition coefficient (Wildman–Crippen LogP) is 2.86. The van der Waals surface area contributed by atoms with Crippen molar-refractivity contribution in [2.24, 2.45) is 0 Å². The normalized spacial score (nSPS) is 10.6. The van der Waals surface area contributed by atoms with Gasteiger partial charge in [-0.1, -0.05) is 0 Å². The van der Waals surface area contributed by atoms with Crippen molar-refractivity contribution >= 4 is 55.1 Å². The number of hydrogen-bond donors (Lipinski definition) is 2. The van der Waals surface area contributed by atoms with E-state index in [1.165, 1.54) is 11.9 Å². The second-order valence-electron chi connectivity index (χ2n) is 1.91. The van der Waals surface area contributed by atoms with Crippen LogP contribution < -0.4 is 4.72 Å². The molecule has 0 saturated heterocycles. The van der Waals surface area contributed by atoms with Crippen molar-refractivity contribution in [3.05, 3.63) is 13.6 Å². The highest BCUT2D eigenvalue weighted by atomic mass is 79.9. The summed E-state index contributed by atoms with van der Waals surface area (Å²) < 4.78 is 5.23. The molecule has 0 aliphatic carbocycles. The number of nitrogens with one attached hydrogen (secondary N) is 1. The van der Waals surface area contributed by atoms with E-state index in [-0.39, 0.29) is 6.61 Å². The van der Waals surface area contributed by atoms with Crippen molar-refractivity contribution < 1.29 is 5.11 Å². The zero-order valence-corrected chi connectivity index (χ0v) is 10.8. The van der Waals surface area contributed by atoms with Crippen LogP contribution in [0.2, 0.25) is 0 Å². The van der Waals surface area contributed by atoms with Crippen molar-refractivity contribution in [1.82, 2.24) is 4.72 Å². The Morgan fingerprint density at radius 2 is 2.33 bits per heavy atom. The van der Waals surface area contributed by atoms with Gasteiger partial charge in [0.15, 0.2) is 0 Å². The molecule has 1 aromatic heterocycles. The second kappa shape index (κ2) is 5.62. The number of aliphatic hydroxyl groups is 1. The van der Waals surface area contributed by atoms with Crippen LogP contribution in [0.15, 0.2) is 18.5 Å². The fourth-order valence-corrected chi connectivity index (χ4v) is 4.41. The van der Waals surface area contributed by atoms with Gasteiger partial charge in [0, 0.05) is 11.4 Å². The first-order valence-corrected chi connectivity index (χ1v) is 6.41. The van der Waals surface area contributed by atoms with Crippen molar-refractivity contribution in [2.45, 2.75) is 4.90 Å². The van der Waals surface area contributed by atoms with Gasteiger partial charge < -0.3 is 5.11 Å². The Kier molecular flexibility index (Phi) is 5.15. The van der Waals surface area contributed by atoms with E-state index in [1.54, 1.807) is 11.3 Å². The molecule has 2 N–H and O–H groups in total. The molecule has 0 spiro atoms. The quantitative estimate of drug-likeness (QED) is 0.657. The third kappa shape index (κ3) is 3.35. The van der Waals surface area contributed by atoms with Crippen molar-refractivity contribution in [3.63, 3.8) is 0 Å². The lowest BCUT2D eigenvalue weighted by molar-refractivity contribution is 0.302. The van der Waals surface area contributed by atoms with Gasteiger partial charge in [0.2, 0.25) is 0 Å². The molecular formula is C6H7Br2NOS2. The largest absolute Gasteiger partial charge is 0.395 e. The van der Waals surface area contributed by atoms with Crippen molar-refractivity contribution in [3.8, 4) is 0 Å². The second-order valence-corrected chi connectivity index (χ2v) is 6.59. The highest BCUT2D eigenvalue weighted by Gasteiger charge is 2.04. The average Bonchev–Trinajstić information content (AvgIpc) is 2.31. The highest BCUT2D eigenvalue weighted by Crippen LogP contribution is 2.36. The van der Waals surface area contributed by atoms with Crippen LogP contribution in [0.25, 0.3) is 0 Å². The molecule has 0 aliphatic heterocycles. The number of hydrogen-bond acceptors (Lipinski definition) is 4. The summed E-state index contributed by atoms with van der Waals surface area (Å²) >= 11 is 9.98. The standard InChI is InChI=1S/C6H7Br2NOS2/c7-5-3-4(6(8)11-5)12-9-1-2-10/h3,9-10H,1-2H2. The number of rotatable bonds is 4. The molecule has 1 rings (SSSR count). The third-order valence-electron chi connectivity index (χ3n) is 1.02. The number of halogens is 2. The molecule has 1 aromatic rings. The molecule has 0 atom stereocenters. The van der Waals surface area contributed by atoms with Crippen LogP contribution in [-0.2, 0) is 0 Å². The maximum atomic E-state index is 8.52. The summed E-state index contributed by atoms with van der Waals surface area (Å²) in [7, 11) is 0. The maximum absolute atomic E-state index is 8.52. The van der Waals surface area contributed by atoms with Crippen molar-refractivity contribution in [2.75, 3.05) is 13.2 Å². The van der Waals surface area contributed by atoms with Crippen LogP contribution in [-0.4, -0.2) is 18.3 Å². The summed E-state index contributed by atoms with van der Waals surface area (Å²) in [6, 6.07) is 2.03. The van der Waals surface area contributed by atoms with Crippen LogP contribution in [0, 0.1) is 0 Å². The number of aliphatic hydroxyl groups excluding tert-OH is 1. The molecule has 0 aliphatic rings. The first-order valence-electron chi connectivity index (χ1n) is 3.19. The average molecular weight is 333 g/mol. The highest BCUT2D eigenvalue weighted by molar-refractivity contribution is 9.12. The Hall–Kier alpha value is 0.930. The Morgan fingerprint density at radius 1 is 1.58 bits per heavy atom. The SMILES string of the molecule is OCCNSc1cc(Br)sc1Br. The first-order chi connectivity index (χ1) is 5.74. The van der Waals surface area contributed by atoms with Crippen LogP contribution in [0.4, 0.5) is 0 Å². The fraction of sp³-hybridized carbons (Fsp3) is 0.333. The van der Waals surface area contributed by atoms with E-state index < -0.39 is 0 Å².